The number of hydrogen-bond acceptors (Lipinski definition) is 4. The fourth-order valence-electron chi connectivity index (χ4n) is 4.54. The van der Waals surface area contributed by atoms with Crippen LogP contribution in [-0.4, -0.2) is 25.9 Å². The molecule has 1 aliphatic heterocycles. The molecule has 2 aliphatic rings. The van der Waals surface area contributed by atoms with E-state index in [9.17, 15) is 13.2 Å². The highest BCUT2D eigenvalue weighted by Gasteiger charge is 2.28. The van der Waals surface area contributed by atoms with Crippen molar-refractivity contribution < 1.29 is 13.2 Å². The molecule has 0 unspecified atom stereocenters. The Hall–Kier alpha value is -2.58. The zero-order valence-electron chi connectivity index (χ0n) is 20.0. The minimum Gasteiger partial charge on any atom is -0.359 e. The molecule has 2 aromatic carbocycles. The van der Waals surface area contributed by atoms with Crippen LogP contribution in [0.2, 0.25) is 10.0 Å². The Morgan fingerprint density at radius 1 is 1.08 bits per heavy atom. The summed E-state index contributed by atoms with van der Waals surface area (Å²) in [6.07, 6.45) is 4.40. The first-order chi connectivity index (χ1) is 17.1. The van der Waals surface area contributed by atoms with Crippen LogP contribution in [0.1, 0.15) is 46.5 Å². The number of benzene rings is 2. The van der Waals surface area contributed by atoms with Gasteiger partial charge in [0, 0.05) is 44.8 Å². The van der Waals surface area contributed by atoms with Crippen molar-refractivity contribution in [3.8, 4) is 0 Å². The second-order valence-electron chi connectivity index (χ2n) is 9.52. The van der Waals surface area contributed by atoms with Gasteiger partial charge in [-0.2, -0.15) is 0 Å². The van der Waals surface area contributed by atoms with Crippen molar-refractivity contribution in [1.29, 1.82) is 0 Å². The molecule has 1 amide bonds. The van der Waals surface area contributed by atoms with Crippen LogP contribution < -0.4 is 10.6 Å². The highest BCUT2D eigenvalue weighted by molar-refractivity contribution is 7.90. The molecule has 36 heavy (non-hydrogen) atoms. The SMILES string of the molecule is Cc1[nH]c(/C=C2\C(=O)Nc3ccc(S(=O)(=O)Cc4c(Cl)cccc4Cl)cc32)c(C)c1CNCC1CC1. The summed E-state index contributed by atoms with van der Waals surface area (Å²) in [5.74, 6) is 0.189. The average Bonchev–Trinajstić information content (AvgIpc) is 3.55. The summed E-state index contributed by atoms with van der Waals surface area (Å²) >= 11 is 12.4. The maximum Gasteiger partial charge on any atom is 0.256 e. The zero-order valence-corrected chi connectivity index (χ0v) is 22.4. The molecular weight excluding hydrogens is 517 g/mol. The number of amides is 1. The van der Waals surface area contributed by atoms with Gasteiger partial charge in [-0.1, -0.05) is 29.3 Å². The number of H-pyrrole nitrogens is 1. The molecule has 0 spiro atoms. The molecule has 188 valence electrons. The summed E-state index contributed by atoms with van der Waals surface area (Å²) in [6, 6.07) is 9.55. The van der Waals surface area contributed by atoms with Crippen LogP contribution >= 0.6 is 23.2 Å². The number of anilines is 1. The standard InChI is InChI=1S/C27H27Cl2N3O3S/c1-15-21(13-30-12-17-6-7-17)16(2)31-26(15)11-20-19-10-18(8-9-25(19)32-27(20)33)36(34,35)14-22-23(28)4-3-5-24(22)29/h3-5,8-11,17,30-31H,6-7,12-14H2,1-2H3,(H,32,33)/b20-11-. The van der Waals surface area contributed by atoms with Crippen LogP contribution in [-0.2, 0) is 26.9 Å². The third kappa shape index (κ3) is 4.98. The summed E-state index contributed by atoms with van der Waals surface area (Å²) in [5, 5.41) is 6.95. The monoisotopic (exact) mass is 543 g/mol. The van der Waals surface area contributed by atoms with Gasteiger partial charge >= 0.3 is 0 Å². The van der Waals surface area contributed by atoms with Gasteiger partial charge in [0.2, 0.25) is 0 Å². The molecule has 0 atom stereocenters. The second kappa shape index (κ2) is 9.71. The fourth-order valence-corrected chi connectivity index (χ4v) is 6.66. The molecule has 5 rings (SSSR count). The van der Waals surface area contributed by atoms with Crippen molar-refractivity contribution in [3.05, 3.63) is 80.1 Å². The number of aryl methyl sites for hydroxylation is 1. The molecule has 1 aliphatic carbocycles. The fraction of sp³-hybridized carbons (Fsp3) is 0.296. The van der Waals surface area contributed by atoms with Crippen LogP contribution in [0.4, 0.5) is 5.69 Å². The molecule has 3 aromatic rings. The number of carbonyl (C=O) groups excluding carboxylic acids is 1. The van der Waals surface area contributed by atoms with Crippen molar-refractivity contribution in [2.24, 2.45) is 5.92 Å². The summed E-state index contributed by atoms with van der Waals surface area (Å²) < 4.78 is 26.5. The molecule has 2 heterocycles. The van der Waals surface area contributed by atoms with Crippen molar-refractivity contribution in [2.45, 2.75) is 43.9 Å². The van der Waals surface area contributed by atoms with E-state index in [2.05, 4.69) is 15.6 Å². The number of fused-ring (bicyclic) bond motifs is 1. The van der Waals surface area contributed by atoms with E-state index in [1.807, 2.05) is 13.8 Å². The lowest BCUT2D eigenvalue weighted by Crippen LogP contribution is -2.16. The third-order valence-corrected chi connectivity index (χ3v) is 9.23. The molecule has 1 saturated carbocycles. The van der Waals surface area contributed by atoms with Crippen LogP contribution in [0.3, 0.4) is 0 Å². The predicted octanol–water partition coefficient (Wildman–Crippen LogP) is 5.90. The predicted molar refractivity (Wildman–Crippen MR) is 145 cm³/mol. The normalized spacial score (nSPS) is 16.4. The molecule has 1 fully saturated rings. The van der Waals surface area contributed by atoms with Crippen molar-refractivity contribution >= 4 is 56.3 Å². The minimum absolute atomic E-state index is 0.101. The largest absolute Gasteiger partial charge is 0.359 e. The molecule has 3 N–H and O–H groups in total. The van der Waals surface area contributed by atoms with E-state index in [0.29, 0.717) is 32.4 Å². The highest BCUT2D eigenvalue weighted by atomic mass is 35.5. The number of carbonyl (C=O) groups is 1. The Morgan fingerprint density at radius 2 is 1.81 bits per heavy atom. The first-order valence-corrected chi connectivity index (χ1v) is 14.3. The number of aromatic amines is 1. The van der Waals surface area contributed by atoms with Crippen molar-refractivity contribution in [2.75, 3.05) is 11.9 Å². The molecule has 0 radical (unpaired) electrons. The van der Waals surface area contributed by atoms with Gasteiger partial charge in [0.25, 0.3) is 5.91 Å². The quantitative estimate of drug-likeness (QED) is 0.308. The Kier molecular flexibility index (Phi) is 6.76. The van der Waals surface area contributed by atoms with Gasteiger partial charge in [0.1, 0.15) is 0 Å². The van der Waals surface area contributed by atoms with E-state index in [4.69, 9.17) is 23.2 Å². The molecule has 1 aromatic heterocycles. The molecule has 0 saturated heterocycles. The third-order valence-electron chi connectivity index (χ3n) is 6.88. The van der Waals surface area contributed by atoms with Gasteiger partial charge in [0.15, 0.2) is 9.84 Å². The van der Waals surface area contributed by atoms with Gasteiger partial charge in [-0.3, -0.25) is 4.79 Å². The number of nitrogens with one attached hydrogen (secondary N) is 3. The number of sulfone groups is 1. The Bertz CT molecular complexity index is 1480. The van der Waals surface area contributed by atoms with E-state index >= 15 is 0 Å². The first kappa shape index (κ1) is 25.1. The van der Waals surface area contributed by atoms with Crippen LogP contribution in [0.15, 0.2) is 41.3 Å². The van der Waals surface area contributed by atoms with E-state index in [1.165, 1.54) is 24.5 Å². The van der Waals surface area contributed by atoms with Gasteiger partial charge in [-0.15, -0.1) is 0 Å². The van der Waals surface area contributed by atoms with Crippen LogP contribution in [0.25, 0.3) is 11.6 Å². The number of aromatic nitrogens is 1. The van der Waals surface area contributed by atoms with E-state index in [1.54, 1.807) is 36.4 Å². The van der Waals surface area contributed by atoms with Gasteiger partial charge < -0.3 is 15.6 Å². The first-order valence-electron chi connectivity index (χ1n) is 11.9. The van der Waals surface area contributed by atoms with E-state index in [-0.39, 0.29) is 16.6 Å². The number of rotatable bonds is 8. The lowest BCUT2D eigenvalue weighted by molar-refractivity contribution is -0.110. The van der Waals surface area contributed by atoms with E-state index < -0.39 is 9.84 Å². The van der Waals surface area contributed by atoms with E-state index in [0.717, 1.165) is 36.0 Å². The maximum atomic E-state index is 13.3. The lowest BCUT2D eigenvalue weighted by Gasteiger charge is -2.10. The second-order valence-corrected chi connectivity index (χ2v) is 12.3. The number of halogens is 2. The summed E-state index contributed by atoms with van der Waals surface area (Å²) in [5.41, 5.74) is 6.04. The molecule has 6 nitrogen and oxygen atoms in total. The Morgan fingerprint density at radius 3 is 2.50 bits per heavy atom. The maximum absolute atomic E-state index is 13.3. The Labute approximate surface area is 221 Å². The smallest absolute Gasteiger partial charge is 0.256 e. The highest BCUT2D eigenvalue weighted by Crippen LogP contribution is 2.37. The molecular formula is C27H27Cl2N3O3S. The summed E-state index contributed by atoms with van der Waals surface area (Å²) in [4.78, 5) is 16.3. The van der Waals surface area contributed by atoms with Crippen molar-refractivity contribution in [1.82, 2.24) is 10.3 Å². The van der Waals surface area contributed by atoms with Gasteiger partial charge in [-0.25, -0.2) is 8.42 Å². The molecule has 9 heteroatoms. The summed E-state index contributed by atoms with van der Waals surface area (Å²) in [6.45, 7) is 5.85. The minimum atomic E-state index is -3.77. The summed E-state index contributed by atoms with van der Waals surface area (Å²) in [7, 11) is -3.77. The van der Waals surface area contributed by atoms with Gasteiger partial charge in [0.05, 0.1) is 16.2 Å². The topological polar surface area (TPSA) is 91.1 Å². The average molecular weight is 545 g/mol. The molecule has 0 bridgehead atoms. The van der Waals surface area contributed by atoms with Crippen molar-refractivity contribution in [3.63, 3.8) is 0 Å². The number of hydrogen-bond donors (Lipinski definition) is 3. The lowest BCUT2D eigenvalue weighted by atomic mass is 10.0. The Balaban J connectivity index is 1.46. The van der Waals surface area contributed by atoms with Crippen LogP contribution in [0, 0.1) is 19.8 Å². The zero-order chi connectivity index (χ0) is 25.6. The van der Waals surface area contributed by atoms with Crippen LogP contribution in [0.5, 0.6) is 0 Å². The van der Waals surface area contributed by atoms with Gasteiger partial charge in [-0.05, 0) is 86.7 Å².